The highest BCUT2D eigenvalue weighted by Gasteiger charge is 2.20. The van der Waals surface area contributed by atoms with Gasteiger partial charge in [-0.05, 0) is 12.1 Å². The van der Waals surface area contributed by atoms with Gasteiger partial charge in [0.25, 0.3) is 0 Å². The quantitative estimate of drug-likeness (QED) is 0.732. The molecule has 0 N–H and O–H groups in total. The average molecular weight is 244 g/mol. The minimum atomic E-state index is 0.139. The normalized spacial score (nSPS) is 11.2. The SMILES string of the molecule is CC(C)(CBr)c1ccc(C#N)s1. The summed E-state index contributed by atoms with van der Waals surface area (Å²) in [6.07, 6.45) is 0. The minimum absolute atomic E-state index is 0.139. The Morgan fingerprint density at radius 3 is 2.67 bits per heavy atom. The molecule has 0 spiro atoms. The molecule has 12 heavy (non-hydrogen) atoms. The van der Waals surface area contributed by atoms with E-state index in [2.05, 4.69) is 35.8 Å². The molecule has 0 saturated carbocycles. The highest BCUT2D eigenvalue weighted by atomic mass is 79.9. The Morgan fingerprint density at radius 1 is 1.58 bits per heavy atom. The van der Waals surface area contributed by atoms with Gasteiger partial charge in [-0.25, -0.2) is 0 Å². The van der Waals surface area contributed by atoms with Crippen molar-refractivity contribution in [2.24, 2.45) is 0 Å². The summed E-state index contributed by atoms with van der Waals surface area (Å²) in [6.45, 7) is 4.32. The second-order valence-corrected chi connectivity index (χ2v) is 4.94. The molecule has 0 radical (unpaired) electrons. The zero-order valence-electron chi connectivity index (χ0n) is 7.10. The van der Waals surface area contributed by atoms with Gasteiger partial charge in [-0.15, -0.1) is 11.3 Å². The maximum absolute atomic E-state index is 8.64. The van der Waals surface area contributed by atoms with Gasteiger partial charge in [0.2, 0.25) is 0 Å². The van der Waals surface area contributed by atoms with E-state index in [-0.39, 0.29) is 5.41 Å². The van der Waals surface area contributed by atoms with Gasteiger partial charge in [-0.2, -0.15) is 5.26 Å². The van der Waals surface area contributed by atoms with Gasteiger partial charge >= 0.3 is 0 Å². The van der Waals surface area contributed by atoms with Crippen LogP contribution in [0.4, 0.5) is 0 Å². The van der Waals surface area contributed by atoms with Gasteiger partial charge in [0.05, 0.1) is 0 Å². The summed E-state index contributed by atoms with van der Waals surface area (Å²) >= 11 is 5.04. The molecule has 0 aromatic carbocycles. The van der Waals surface area contributed by atoms with Crippen molar-refractivity contribution < 1.29 is 0 Å². The number of nitriles is 1. The van der Waals surface area contributed by atoms with Crippen LogP contribution in [0.5, 0.6) is 0 Å². The molecule has 0 fully saturated rings. The standard InChI is InChI=1S/C9H10BrNS/c1-9(2,6-10)8-4-3-7(5-11)12-8/h3-4H,6H2,1-2H3. The van der Waals surface area contributed by atoms with Crippen molar-refractivity contribution in [1.82, 2.24) is 0 Å². The molecule has 1 rings (SSSR count). The molecule has 1 heterocycles. The lowest BCUT2D eigenvalue weighted by atomic mass is 9.95. The molecule has 0 aliphatic heterocycles. The first-order valence-corrected chi connectivity index (χ1v) is 5.60. The van der Waals surface area contributed by atoms with Gasteiger partial charge in [0, 0.05) is 15.6 Å². The molecule has 0 saturated heterocycles. The molecule has 64 valence electrons. The lowest BCUT2D eigenvalue weighted by molar-refractivity contribution is 0.621. The summed E-state index contributed by atoms with van der Waals surface area (Å²) in [5.41, 5.74) is 0.139. The third kappa shape index (κ3) is 1.88. The highest BCUT2D eigenvalue weighted by molar-refractivity contribution is 9.09. The molecule has 0 aliphatic carbocycles. The van der Waals surface area contributed by atoms with Gasteiger partial charge in [-0.1, -0.05) is 29.8 Å². The van der Waals surface area contributed by atoms with Crippen molar-refractivity contribution in [3.63, 3.8) is 0 Å². The first-order valence-electron chi connectivity index (χ1n) is 3.66. The van der Waals surface area contributed by atoms with Crippen LogP contribution in [0.2, 0.25) is 0 Å². The number of hydrogen-bond donors (Lipinski definition) is 0. The van der Waals surface area contributed by atoms with E-state index in [0.717, 1.165) is 10.2 Å². The molecule has 1 aromatic heterocycles. The number of alkyl halides is 1. The number of nitrogens with zero attached hydrogens (tertiary/aromatic N) is 1. The van der Waals surface area contributed by atoms with Gasteiger partial charge < -0.3 is 0 Å². The van der Waals surface area contributed by atoms with Crippen molar-refractivity contribution in [3.8, 4) is 6.07 Å². The van der Waals surface area contributed by atoms with Crippen molar-refractivity contribution in [2.45, 2.75) is 19.3 Å². The predicted molar refractivity (Wildman–Crippen MR) is 55.9 cm³/mol. The lowest BCUT2D eigenvalue weighted by Crippen LogP contribution is -2.16. The van der Waals surface area contributed by atoms with E-state index in [0.29, 0.717) is 0 Å². The molecule has 0 aliphatic rings. The van der Waals surface area contributed by atoms with E-state index in [4.69, 9.17) is 5.26 Å². The lowest BCUT2D eigenvalue weighted by Gasteiger charge is -2.18. The van der Waals surface area contributed by atoms with Crippen molar-refractivity contribution >= 4 is 27.3 Å². The zero-order chi connectivity index (χ0) is 9.19. The first kappa shape index (κ1) is 9.76. The molecule has 0 bridgehead atoms. The summed E-state index contributed by atoms with van der Waals surface area (Å²) < 4.78 is 0. The van der Waals surface area contributed by atoms with E-state index in [1.54, 1.807) is 11.3 Å². The number of rotatable bonds is 2. The molecule has 0 unspecified atom stereocenters. The van der Waals surface area contributed by atoms with E-state index in [1.807, 2.05) is 12.1 Å². The Labute approximate surface area is 85.2 Å². The van der Waals surface area contributed by atoms with Crippen LogP contribution >= 0.6 is 27.3 Å². The molecule has 3 heteroatoms. The Bertz CT molecular complexity index is 309. The monoisotopic (exact) mass is 243 g/mol. The zero-order valence-corrected chi connectivity index (χ0v) is 9.50. The maximum atomic E-state index is 8.64. The second-order valence-electron chi connectivity index (χ2n) is 3.29. The topological polar surface area (TPSA) is 23.8 Å². The van der Waals surface area contributed by atoms with Crippen LogP contribution in [0.1, 0.15) is 23.6 Å². The largest absolute Gasteiger partial charge is 0.192 e. The smallest absolute Gasteiger partial charge is 0.110 e. The van der Waals surface area contributed by atoms with Crippen LogP contribution in [0.3, 0.4) is 0 Å². The third-order valence-electron chi connectivity index (χ3n) is 1.72. The molecular weight excluding hydrogens is 234 g/mol. The fourth-order valence-corrected chi connectivity index (χ4v) is 2.22. The van der Waals surface area contributed by atoms with Crippen molar-refractivity contribution in [2.75, 3.05) is 5.33 Å². The summed E-state index contributed by atoms with van der Waals surface area (Å²) in [7, 11) is 0. The van der Waals surface area contributed by atoms with Crippen LogP contribution in [0.25, 0.3) is 0 Å². The molecule has 1 aromatic rings. The van der Waals surface area contributed by atoms with E-state index < -0.39 is 0 Å². The Kier molecular flexibility index (Phi) is 2.92. The second kappa shape index (κ2) is 3.59. The fraction of sp³-hybridized carbons (Fsp3) is 0.444. The Hall–Kier alpha value is -0.330. The minimum Gasteiger partial charge on any atom is -0.192 e. The van der Waals surface area contributed by atoms with Gasteiger partial charge in [-0.3, -0.25) is 0 Å². The van der Waals surface area contributed by atoms with Crippen LogP contribution in [0, 0.1) is 11.3 Å². The molecular formula is C9H10BrNS. The Morgan fingerprint density at radius 2 is 2.25 bits per heavy atom. The molecule has 0 amide bonds. The number of halogens is 1. The van der Waals surface area contributed by atoms with Crippen LogP contribution < -0.4 is 0 Å². The van der Waals surface area contributed by atoms with Crippen LogP contribution in [-0.2, 0) is 5.41 Å². The molecule has 0 atom stereocenters. The maximum Gasteiger partial charge on any atom is 0.110 e. The Balaban J connectivity index is 2.98. The molecule has 1 nitrogen and oxygen atoms in total. The highest BCUT2D eigenvalue weighted by Crippen LogP contribution is 2.31. The van der Waals surface area contributed by atoms with E-state index in [9.17, 15) is 0 Å². The van der Waals surface area contributed by atoms with E-state index >= 15 is 0 Å². The van der Waals surface area contributed by atoms with Gasteiger partial charge in [0.1, 0.15) is 10.9 Å². The average Bonchev–Trinajstić information content (AvgIpc) is 2.52. The fourth-order valence-electron chi connectivity index (χ4n) is 0.828. The van der Waals surface area contributed by atoms with Gasteiger partial charge in [0.15, 0.2) is 0 Å². The number of hydrogen-bond acceptors (Lipinski definition) is 2. The van der Waals surface area contributed by atoms with Crippen molar-refractivity contribution in [1.29, 1.82) is 5.26 Å². The summed E-state index contributed by atoms with van der Waals surface area (Å²) in [6, 6.07) is 6.06. The van der Waals surface area contributed by atoms with Crippen LogP contribution in [-0.4, -0.2) is 5.33 Å². The van der Waals surface area contributed by atoms with E-state index in [1.165, 1.54) is 4.88 Å². The van der Waals surface area contributed by atoms with Crippen LogP contribution in [0.15, 0.2) is 12.1 Å². The number of thiophene rings is 1. The third-order valence-corrected chi connectivity index (χ3v) is 4.47. The summed E-state index contributed by atoms with van der Waals surface area (Å²) in [5.74, 6) is 0. The van der Waals surface area contributed by atoms with Crippen molar-refractivity contribution in [3.05, 3.63) is 21.9 Å². The summed E-state index contributed by atoms with van der Waals surface area (Å²) in [4.78, 5) is 2.05. The predicted octanol–water partition coefficient (Wildman–Crippen LogP) is 3.29. The summed E-state index contributed by atoms with van der Waals surface area (Å²) in [5, 5.41) is 9.56. The first-order chi connectivity index (χ1) is 5.60.